The molecule has 0 spiro atoms. The first-order chi connectivity index (χ1) is 10.2. The first-order valence-electron chi connectivity index (χ1n) is 6.57. The molecule has 108 valence electrons. The van der Waals surface area contributed by atoms with Gasteiger partial charge in [-0.05, 0) is 30.7 Å². The molecule has 1 aromatic carbocycles. The predicted octanol–water partition coefficient (Wildman–Crippen LogP) is 2.41. The number of carbonyl (C=O) groups is 2. The molecule has 5 heteroatoms. The van der Waals surface area contributed by atoms with Gasteiger partial charge in [0.2, 0.25) is 0 Å². The molecule has 0 fully saturated rings. The van der Waals surface area contributed by atoms with Gasteiger partial charge >= 0.3 is 11.9 Å². The number of ether oxygens (including phenoxy) is 2. The second kappa shape index (κ2) is 7.19. The molecule has 0 aliphatic rings. The van der Waals surface area contributed by atoms with Gasteiger partial charge in [-0.15, -0.1) is 0 Å². The minimum Gasteiger partial charge on any atom is -0.461 e. The van der Waals surface area contributed by atoms with Crippen molar-refractivity contribution in [3.63, 3.8) is 0 Å². The van der Waals surface area contributed by atoms with Crippen LogP contribution in [0.5, 0.6) is 5.75 Å². The van der Waals surface area contributed by atoms with Crippen LogP contribution in [-0.2, 0) is 16.0 Å². The molecular weight excluding hydrogens is 270 g/mol. The van der Waals surface area contributed by atoms with Crippen LogP contribution in [0.25, 0.3) is 0 Å². The number of rotatable bonds is 5. The van der Waals surface area contributed by atoms with Crippen LogP contribution in [0, 0.1) is 0 Å². The molecule has 0 radical (unpaired) electrons. The predicted molar refractivity (Wildman–Crippen MR) is 76.0 cm³/mol. The van der Waals surface area contributed by atoms with E-state index in [1.165, 1.54) is 12.3 Å². The van der Waals surface area contributed by atoms with E-state index < -0.39 is 5.97 Å². The first-order valence-corrected chi connectivity index (χ1v) is 6.57. The topological polar surface area (TPSA) is 65.5 Å². The summed E-state index contributed by atoms with van der Waals surface area (Å²) < 4.78 is 10.0. The SMILES string of the molecule is CCOC(=O)c1ccc(CC(=O)Oc2ccccc2)cn1. The molecule has 0 aliphatic heterocycles. The quantitative estimate of drug-likeness (QED) is 0.623. The van der Waals surface area contributed by atoms with Crippen molar-refractivity contribution >= 4 is 11.9 Å². The van der Waals surface area contributed by atoms with Crippen LogP contribution in [0.4, 0.5) is 0 Å². The highest BCUT2D eigenvalue weighted by atomic mass is 16.5. The molecule has 1 aromatic heterocycles. The molecule has 0 N–H and O–H groups in total. The van der Waals surface area contributed by atoms with E-state index in [-0.39, 0.29) is 18.1 Å². The van der Waals surface area contributed by atoms with Crippen molar-refractivity contribution in [3.05, 3.63) is 59.9 Å². The molecule has 2 aromatic rings. The van der Waals surface area contributed by atoms with Crippen molar-refractivity contribution in [2.24, 2.45) is 0 Å². The fourth-order valence-electron chi connectivity index (χ4n) is 1.68. The number of hydrogen-bond donors (Lipinski definition) is 0. The maximum atomic E-state index is 11.8. The van der Waals surface area contributed by atoms with Crippen LogP contribution < -0.4 is 4.74 Å². The summed E-state index contributed by atoms with van der Waals surface area (Å²) in [6, 6.07) is 12.0. The third kappa shape index (κ3) is 4.42. The zero-order valence-corrected chi connectivity index (χ0v) is 11.6. The standard InChI is InChI=1S/C16H15NO4/c1-2-20-16(19)14-9-8-12(11-17-14)10-15(18)21-13-6-4-3-5-7-13/h3-9,11H,2,10H2,1H3. The monoisotopic (exact) mass is 285 g/mol. The van der Waals surface area contributed by atoms with Gasteiger partial charge < -0.3 is 9.47 Å². The molecule has 0 bridgehead atoms. The molecular formula is C16H15NO4. The summed E-state index contributed by atoms with van der Waals surface area (Å²) in [5.41, 5.74) is 0.890. The lowest BCUT2D eigenvalue weighted by atomic mass is 10.2. The van der Waals surface area contributed by atoms with Crippen molar-refractivity contribution in [1.29, 1.82) is 0 Å². The fourth-order valence-corrected chi connectivity index (χ4v) is 1.68. The third-order valence-electron chi connectivity index (χ3n) is 2.63. The molecule has 0 unspecified atom stereocenters. The highest BCUT2D eigenvalue weighted by Crippen LogP contribution is 2.10. The summed E-state index contributed by atoms with van der Waals surface area (Å²) in [4.78, 5) is 27.2. The highest BCUT2D eigenvalue weighted by molar-refractivity contribution is 5.87. The third-order valence-corrected chi connectivity index (χ3v) is 2.63. The average molecular weight is 285 g/mol. The summed E-state index contributed by atoms with van der Waals surface area (Å²) in [6.45, 7) is 2.03. The molecule has 0 saturated carbocycles. The Hall–Kier alpha value is -2.69. The van der Waals surface area contributed by atoms with Crippen LogP contribution in [0.2, 0.25) is 0 Å². The minimum atomic E-state index is -0.476. The molecule has 1 heterocycles. The van der Waals surface area contributed by atoms with Crippen molar-refractivity contribution in [2.45, 2.75) is 13.3 Å². The lowest BCUT2D eigenvalue weighted by Crippen LogP contribution is -2.12. The molecule has 0 aliphatic carbocycles. The lowest BCUT2D eigenvalue weighted by Gasteiger charge is -2.05. The van der Waals surface area contributed by atoms with Gasteiger partial charge in [0.15, 0.2) is 0 Å². The summed E-state index contributed by atoms with van der Waals surface area (Å²) in [7, 11) is 0. The van der Waals surface area contributed by atoms with Crippen LogP contribution in [0.1, 0.15) is 23.0 Å². The Labute approximate surface area is 122 Å². The van der Waals surface area contributed by atoms with E-state index in [1.807, 2.05) is 6.07 Å². The smallest absolute Gasteiger partial charge is 0.356 e. The van der Waals surface area contributed by atoms with Crippen molar-refractivity contribution in [3.8, 4) is 5.75 Å². The summed E-state index contributed by atoms with van der Waals surface area (Å²) in [5, 5.41) is 0. The molecule has 0 amide bonds. The van der Waals surface area contributed by atoms with Crippen molar-refractivity contribution in [1.82, 2.24) is 4.98 Å². The maximum Gasteiger partial charge on any atom is 0.356 e. The Bertz CT molecular complexity index is 608. The van der Waals surface area contributed by atoms with E-state index in [1.54, 1.807) is 37.3 Å². The van der Waals surface area contributed by atoms with Gasteiger partial charge in [-0.25, -0.2) is 9.78 Å². The Morgan fingerprint density at radius 1 is 1.10 bits per heavy atom. The van der Waals surface area contributed by atoms with E-state index in [0.717, 1.165) is 0 Å². The van der Waals surface area contributed by atoms with E-state index in [4.69, 9.17) is 9.47 Å². The van der Waals surface area contributed by atoms with E-state index in [0.29, 0.717) is 17.9 Å². The van der Waals surface area contributed by atoms with Crippen LogP contribution in [0.3, 0.4) is 0 Å². The Kier molecular flexibility index (Phi) is 5.04. The number of para-hydroxylation sites is 1. The summed E-state index contributed by atoms with van der Waals surface area (Å²) in [5.74, 6) is -0.360. The average Bonchev–Trinajstić information content (AvgIpc) is 2.49. The first kappa shape index (κ1) is 14.7. The second-order valence-electron chi connectivity index (χ2n) is 4.24. The largest absolute Gasteiger partial charge is 0.461 e. The molecule has 21 heavy (non-hydrogen) atoms. The van der Waals surface area contributed by atoms with Crippen molar-refractivity contribution < 1.29 is 19.1 Å². The number of benzene rings is 1. The highest BCUT2D eigenvalue weighted by Gasteiger charge is 2.10. The number of carbonyl (C=O) groups excluding carboxylic acids is 2. The van der Waals surface area contributed by atoms with Gasteiger partial charge in [-0.3, -0.25) is 4.79 Å². The number of pyridine rings is 1. The second-order valence-corrected chi connectivity index (χ2v) is 4.24. The summed E-state index contributed by atoms with van der Waals surface area (Å²) >= 11 is 0. The van der Waals surface area contributed by atoms with Crippen molar-refractivity contribution in [2.75, 3.05) is 6.61 Å². The van der Waals surface area contributed by atoms with Gasteiger partial charge in [-0.1, -0.05) is 24.3 Å². The number of esters is 2. The molecule has 0 saturated heterocycles. The lowest BCUT2D eigenvalue weighted by molar-refractivity contribution is -0.133. The van der Waals surface area contributed by atoms with Gasteiger partial charge in [0.1, 0.15) is 11.4 Å². The van der Waals surface area contributed by atoms with E-state index in [2.05, 4.69) is 4.98 Å². The van der Waals surface area contributed by atoms with Gasteiger partial charge in [0.05, 0.1) is 13.0 Å². The fraction of sp³-hybridized carbons (Fsp3) is 0.188. The van der Waals surface area contributed by atoms with Crippen LogP contribution in [-0.4, -0.2) is 23.5 Å². The van der Waals surface area contributed by atoms with E-state index in [9.17, 15) is 9.59 Å². The Morgan fingerprint density at radius 2 is 1.86 bits per heavy atom. The van der Waals surface area contributed by atoms with Gasteiger partial charge in [0, 0.05) is 6.20 Å². The van der Waals surface area contributed by atoms with Gasteiger partial charge in [-0.2, -0.15) is 0 Å². The zero-order valence-electron chi connectivity index (χ0n) is 11.6. The molecule has 2 rings (SSSR count). The number of aromatic nitrogens is 1. The van der Waals surface area contributed by atoms with Crippen LogP contribution >= 0.6 is 0 Å². The number of hydrogen-bond acceptors (Lipinski definition) is 5. The summed E-state index contributed by atoms with van der Waals surface area (Å²) in [6.07, 6.45) is 1.56. The van der Waals surface area contributed by atoms with E-state index >= 15 is 0 Å². The van der Waals surface area contributed by atoms with Gasteiger partial charge in [0.25, 0.3) is 0 Å². The van der Waals surface area contributed by atoms with Crippen LogP contribution in [0.15, 0.2) is 48.7 Å². The zero-order chi connectivity index (χ0) is 15.1. The molecule has 0 atom stereocenters. The minimum absolute atomic E-state index is 0.0883. The Balaban J connectivity index is 1.94. The Morgan fingerprint density at radius 3 is 2.48 bits per heavy atom. The maximum absolute atomic E-state index is 11.8. The number of nitrogens with zero attached hydrogens (tertiary/aromatic N) is 1. The normalized spacial score (nSPS) is 9.95. The molecule has 5 nitrogen and oxygen atoms in total.